The molecular weight excluding hydrogens is 256 g/mol. The van der Waals surface area contributed by atoms with Crippen LogP contribution in [-0.4, -0.2) is 28.0 Å². The zero-order valence-electron chi connectivity index (χ0n) is 9.69. The summed E-state index contributed by atoms with van der Waals surface area (Å²) < 4.78 is 12.0. The predicted octanol–water partition coefficient (Wildman–Crippen LogP) is 1.98. The molecule has 1 aromatic rings. The lowest BCUT2D eigenvalue weighted by molar-refractivity contribution is 0.408. The summed E-state index contributed by atoms with van der Waals surface area (Å²) in [7, 11) is -0.798. The molecule has 1 aliphatic heterocycles. The number of aromatic nitrogens is 1. The van der Waals surface area contributed by atoms with Crippen molar-refractivity contribution < 1.29 is 4.21 Å². The molecule has 0 aliphatic carbocycles. The Balaban J connectivity index is 1.82. The van der Waals surface area contributed by atoms with Gasteiger partial charge in [0.05, 0.1) is 5.75 Å². The fourth-order valence-corrected chi connectivity index (χ4v) is 3.65. The van der Waals surface area contributed by atoms with Gasteiger partial charge in [-0.05, 0) is 43.5 Å². The Morgan fingerprint density at radius 1 is 1.53 bits per heavy atom. The number of nitrogens with one attached hydrogen (secondary N) is 1. The van der Waals surface area contributed by atoms with Gasteiger partial charge >= 0.3 is 0 Å². The normalized spacial score (nSPS) is 22.3. The highest BCUT2D eigenvalue weighted by Crippen LogP contribution is 2.14. The van der Waals surface area contributed by atoms with E-state index in [1.807, 2.05) is 6.07 Å². The second-order valence-electron chi connectivity index (χ2n) is 4.45. The first-order valence-electron chi connectivity index (χ1n) is 5.90. The Labute approximate surface area is 109 Å². The molecular formula is C12H17ClN2OS. The van der Waals surface area contributed by atoms with Crippen LogP contribution in [0, 0.1) is 5.92 Å². The number of rotatable bonds is 4. The van der Waals surface area contributed by atoms with Crippen LogP contribution in [0.4, 0.5) is 0 Å². The third-order valence-corrected chi connectivity index (χ3v) is 4.66. The number of piperidine rings is 1. The lowest BCUT2D eigenvalue weighted by Crippen LogP contribution is -2.32. The Bertz CT molecular complexity index is 377. The van der Waals surface area contributed by atoms with Gasteiger partial charge in [-0.3, -0.25) is 4.21 Å². The molecule has 1 aliphatic rings. The summed E-state index contributed by atoms with van der Waals surface area (Å²) in [6.07, 6.45) is 4.10. The molecule has 1 aromatic heterocycles. The van der Waals surface area contributed by atoms with Crippen LogP contribution in [0.25, 0.3) is 0 Å². The van der Waals surface area contributed by atoms with E-state index in [4.69, 9.17) is 11.6 Å². The van der Waals surface area contributed by atoms with Crippen molar-refractivity contribution >= 4 is 22.4 Å². The van der Waals surface area contributed by atoms with Crippen molar-refractivity contribution in [2.45, 2.75) is 18.6 Å². The zero-order chi connectivity index (χ0) is 12.1. The van der Waals surface area contributed by atoms with Crippen LogP contribution in [0.3, 0.4) is 0 Å². The monoisotopic (exact) mass is 272 g/mol. The maximum absolute atomic E-state index is 12.0. The number of nitrogens with zero attached hydrogens (tertiary/aromatic N) is 1. The van der Waals surface area contributed by atoms with Crippen molar-refractivity contribution in [1.29, 1.82) is 0 Å². The molecule has 1 fully saturated rings. The quantitative estimate of drug-likeness (QED) is 0.853. The van der Waals surface area contributed by atoms with Gasteiger partial charge in [0.1, 0.15) is 5.15 Å². The van der Waals surface area contributed by atoms with Gasteiger partial charge in [-0.15, -0.1) is 0 Å². The van der Waals surface area contributed by atoms with E-state index in [1.165, 1.54) is 12.8 Å². The summed E-state index contributed by atoms with van der Waals surface area (Å²) in [6.45, 7) is 2.11. The van der Waals surface area contributed by atoms with Gasteiger partial charge in [-0.2, -0.15) is 0 Å². The molecule has 0 spiro atoms. The molecule has 94 valence electrons. The Morgan fingerprint density at radius 2 is 2.41 bits per heavy atom. The zero-order valence-corrected chi connectivity index (χ0v) is 11.3. The summed E-state index contributed by atoms with van der Waals surface area (Å²) in [4.78, 5) is 4.00. The first-order chi connectivity index (χ1) is 8.24. The van der Waals surface area contributed by atoms with E-state index in [0.717, 1.165) is 24.4 Å². The van der Waals surface area contributed by atoms with Crippen molar-refractivity contribution in [2.75, 3.05) is 18.8 Å². The smallest absolute Gasteiger partial charge is 0.129 e. The van der Waals surface area contributed by atoms with Crippen LogP contribution >= 0.6 is 11.6 Å². The molecule has 1 N–H and O–H groups in total. The summed E-state index contributed by atoms with van der Waals surface area (Å²) in [5, 5.41) is 3.83. The van der Waals surface area contributed by atoms with Crippen LogP contribution in [0.5, 0.6) is 0 Å². The summed E-state index contributed by atoms with van der Waals surface area (Å²) in [5.41, 5.74) is 0.997. The van der Waals surface area contributed by atoms with Gasteiger partial charge in [-0.25, -0.2) is 4.98 Å². The molecule has 17 heavy (non-hydrogen) atoms. The molecule has 5 heteroatoms. The SMILES string of the molecule is O=[S@@](Cc1ccc(Cl)nc1)C[C@H]1CCCNC1. The third-order valence-electron chi connectivity index (χ3n) is 2.94. The van der Waals surface area contributed by atoms with Gasteiger partial charge < -0.3 is 5.32 Å². The van der Waals surface area contributed by atoms with E-state index in [-0.39, 0.29) is 0 Å². The van der Waals surface area contributed by atoms with Gasteiger partial charge in [-0.1, -0.05) is 17.7 Å². The van der Waals surface area contributed by atoms with Crippen molar-refractivity contribution in [3.05, 3.63) is 29.0 Å². The van der Waals surface area contributed by atoms with Crippen LogP contribution < -0.4 is 5.32 Å². The fourth-order valence-electron chi connectivity index (χ4n) is 2.07. The first kappa shape index (κ1) is 13.0. The number of halogens is 1. The van der Waals surface area contributed by atoms with Crippen LogP contribution in [0.1, 0.15) is 18.4 Å². The van der Waals surface area contributed by atoms with Crippen molar-refractivity contribution in [3.63, 3.8) is 0 Å². The van der Waals surface area contributed by atoms with Gasteiger partial charge in [0, 0.05) is 22.7 Å². The molecule has 2 heterocycles. The van der Waals surface area contributed by atoms with Gasteiger partial charge in [0.25, 0.3) is 0 Å². The first-order valence-corrected chi connectivity index (χ1v) is 7.77. The average molecular weight is 273 g/mol. The van der Waals surface area contributed by atoms with E-state index in [9.17, 15) is 4.21 Å². The lowest BCUT2D eigenvalue weighted by Gasteiger charge is -2.22. The van der Waals surface area contributed by atoms with Gasteiger partial charge in [0.15, 0.2) is 0 Å². The lowest BCUT2D eigenvalue weighted by atomic mass is 10.0. The number of hydrogen-bond donors (Lipinski definition) is 1. The molecule has 2 rings (SSSR count). The summed E-state index contributed by atoms with van der Waals surface area (Å²) in [5.74, 6) is 1.93. The minimum Gasteiger partial charge on any atom is -0.316 e. The van der Waals surface area contributed by atoms with E-state index in [2.05, 4.69) is 10.3 Å². The highest BCUT2D eigenvalue weighted by molar-refractivity contribution is 7.84. The predicted molar refractivity (Wildman–Crippen MR) is 71.6 cm³/mol. The highest BCUT2D eigenvalue weighted by atomic mass is 35.5. The standard InChI is InChI=1S/C12H17ClN2OS/c13-12-4-3-11(7-15-12)9-17(16)8-10-2-1-5-14-6-10/h3-4,7,10,14H,1-2,5-6,8-9H2/t10-,17+/m0/s1. The molecule has 0 radical (unpaired) electrons. The van der Waals surface area contributed by atoms with E-state index < -0.39 is 10.8 Å². The van der Waals surface area contributed by atoms with Crippen molar-refractivity contribution in [1.82, 2.24) is 10.3 Å². The van der Waals surface area contributed by atoms with E-state index >= 15 is 0 Å². The number of pyridine rings is 1. The van der Waals surface area contributed by atoms with Crippen LogP contribution in [0.2, 0.25) is 5.15 Å². The third kappa shape index (κ3) is 4.37. The Hall–Kier alpha value is -0.450. The fraction of sp³-hybridized carbons (Fsp3) is 0.583. The van der Waals surface area contributed by atoms with Crippen LogP contribution in [0.15, 0.2) is 18.3 Å². The molecule has 2 atom stereocenters. The molecule has 0 bridgehead atoms. The molecule has 3 nitrogen and oxygen atoms in total. The summed E-state index contributed by atoms with van der Waals surface area (Å²) >= 11 is 5.71. The molecule has 0 amide bonds. The largest absolute Gasteiger partial charge is 0.316 e. The Morgan fingerprint density at radius 3 is 3.06 bits per heavy atom. The second kappa shape index (κ2) is 6.47. The highest BCUT2D eigenvalue weighted by Gasteiger charge is 2.16. The topological polar surface area (TPSA) is 42.0 Å². The average Bonchev–Trinajstić information content (AvgIpc) is 2.33. The van der Waals surface area contributed by atoms with Crippen molar-refractivity contribution in [2.24, 2.45) is 5.92 Å². The molecule has 1 saturated heterocycles. The van der Waals surface area contributed by atoms with Crippen molar-refractivity contribution in [3.8, 4) is 0 Å². The molecule has 0 saturated carbocycles. The minimum absolute atomic E-state index is 0.482. The summed E-state index contributed by atoms with van der Waals surface area (Å²) in [6, 6.07) is 3.64. The van der Waals surface area contributed by atoms with Crippen LogP contribution in [-0.2, 0) is 16.6 Å². The van der Waals surface area contributed by atoms with E-state index in [0.29, 0.717) is 16.8 Å². The van der Waals surface area contributed by atoms with Gasteiger partial charge in [0.2, 0.25) is 0 Å². The molecule has 0 aromatic carbocycles. The molecule has 0 unspecified atom stereocenters. The maximum Gasteiger partial charge on any atom is 0.129 e. The van der Waals surface area contributed by atoms with E-state index in [1.54, 1.807) is 12.3 Å². The maximum atomic E-state index is 12.0. The Kier molecular flexibility index (Phi) is 4.95. The minimum atomic E-state index is -0.798. The number of hydrogen-bond acceptors (Lipinski definition) is 3. The second-order valence-corrected chi connectivity index (χ2v) is 6.34.